The zero-order valence-electron chi connectivity index (χ0n) is 7.83. The third-order valence-corrected chi connectivity index (χ3v) is 1.61. The van der Waals surface area contributed by atoms with Gasteiger partial charge in [0.2, 0.25) is 0 Å². The summed E-state index contributed by atoms with van der Waals surface area (Å²) in [7, 11) is 1.62. The fourth-order valence-electron chi connectivity index (χ4n) is 0.960. The first kappa shape index (κ1) is 9.58. The Balaban J connectivity index is 2.61. The largest absolute Gasteiger partial charge is 0.497 e. The molecule has 1 aromatic rings. The van der Waals surface area contributed by atoms with Crippen LogP contribution in [0.4, 0.5) is 5.69 Å². The van der Waals surface area contributed by atoms with Crippen molar-refractivity contribution in [3.63, 3.8) is 0 Å². The van der Waals surface area contributed by atoms with Crippen molar-refractivity contribution in [1.82, 2.24) is 0 Å². The normalized spacial score (nSPS) is 9.38. The number of hydrogen-bond donors (Lipinski definition) is 1. The topological polar surface area (TPSA) is 38.3 Å². The Labute approximate surface area is 77.7 Å². The van der Waals surface area contributed by atoms with E-state index in [1.165, 1.54) is 0 Å². The van der Waals surface area contributed by atoms with Crippen molar-refractivity contribution in [2.45, 2.75) is 6.92 Å². The van der Waals surface area contributed by atoms with Gasteiger partial charge in [0.1, 0.15) is 11.5 Å². The van der Waals surface area contributed by atoms with E-state index in [1.54, 1.807) is 14.0 Å². The van der Waals surface area contributed by atoms with Gasteiger partial charge in [-0.25, -0.2) is 0 Å². The molecule has 1 rings (SSSR count). The third kappa shape index (κ3) is 3.15. The Kier molecular flexibility index (Phi) is 3.31. The number of rotatable bonds is 4. The summed E-state index contributed by atoms with van der Waals surface area (Å²) in [6, 6.07) is 7.48. The van der Waals surface area contributed by atoms with Crippen LogP contribution >= 0.6 is 0 Å². The second-order valence-electron chi connectivity index (χ2n) is 2.79. The van der Waals surface area contributed by atoms with Crippen LogP contribution in [-0.2, 0) is 4.79 Å². The van der Waals surface area contributed by atoms with Crippen LogP contribution in [0.2, 0.25) is 0 Å². The minimum atomic E-state index is 0.114. The van der Waals surface area contributed by atoms with Crippen molar-refractivity contribution in [2.24, 2.45) is 0 Å². The average molecular weight is 179 g/mol. The fraction of sp³-hybridized carbons (Fsp3) is 0.300. The number of carbonyl (C=O) groups excluding carboxylic acids is 1. The van der Waals surface area contributed by atoms with Crippen LogP contribution in [0.3, 0.4) is 0 Å². The Bertz CT molecular complexity index is 297. The van der Waals surface area contributed by atoms with Crippen molar-refractivity contribution in [3.8, 4) is 5.75 Å². The monoisotopic (exact) mass is 179 g/mol. The maximum Gasteiger partial charge on any atom is 0.148 e. The highest BCUT2D eigenvalue weighted by molar-refractivity contribution is 5.80. The molecule has 0 saturated heterocycles. The van der Waals surface area contributed by atoms with Crippen LogP contribution < -0.4 is 10.1 Å². The van der Waals surface area contributed by atoms with E-state index in [0.717, 1.165) is 11.4 Å². The fourth-order valence-corrected chi connectivity index (χ4v) is 0.960. The van der Waals surface area contributed by atoms with Crippen LogP contribution in [0.1, 0.15) is 6.92 Å². The summed E-state index contributed by atoms with van der Waals surface area (Å²) in [5.74, 6) is 0.899. The van der Waals surface area contributed by atoms with Crippen LogP contribution in [0, 0.1) is 0 Å². The summed E-state index contributed by atoms with van der Waals surface area (Å²) in [4.78, 5) is 10.7. The molecule has 0 fully saturated rings. The van der Waals surface area contributed by atoms with Crippen molar-refractivity contribution in [1.29, 1.82) is 0 Å². The van der Waals surface area contributed by atoms with E-state index < -0.39 is 0 Å². The first-order valence-corrected chi connectivity index (χ1v) is 4.09. The van der Waals surface area contributed by atoms with Gasteiger partial charge in [-0.15, -0.1) is 0 Å². The number of hydrogen-bond acceptors (Lipinski definition) is 3. The van der Waals surface area contributed by atoms with E-state index in [0.29, 0.717) is 6.54 Å². The molecule has 0 radical (unpaired) electrons. The second kappa shape index (κ2) is 4.50. The van der Waals surface area contributed by atoms with Gasteiger partial charge >= 0.3 is 0 Å². The minimum absolute atomic E-state index is 0.114. The molecule has 0 aliphatic heterocycles. The summed E-state index contributed by atoms with van der Waals surface area (Å²) in [5, 5.41) is 2.99. The van der Waals surface area contributed by atoms with Crippen molar-refractivity contribution in [3.05, 3.63) is 24.3 Å². The molecule has 0 atom stereocenters. The standard InChI is InChI=1S/C10H13NO2/c1-8(12)7-11-9-4-3-5-10(6-9)13-2/h3-6,11H,7H2,1-2H3. The Morgan fingerprint density at radius 1 is 1.54 bits per heavy atom. The lowest BCUT2D eigenvalue weighted by Gasteiger charge is -2.05. The summed E-state index contributed by atoms with van der Waals surface area (Å²) < 4.78 is 5.04. The zero-order valence-corrected chi connectivity index (χ0v) is 7.83. The molecule has 0 spiro atoms. The highest BCUT2D eigenvalue weighted by atomic mass is 16.5. The first-order valence-electron chi connectivity index (χ1n) is 4.09. The SMILES string of the molecule is COc1cccc(NCC(C)=O)c1. The zero-order chi connectivity index (χ0) is 9.68. The quantitative estimate of drug-likeness (QED) is 0.764. The van der Waals surface area contributed by atoms with E-state index in [1.807, 2.05) is 24.3 Å². The molecule has 0 unspecified atom stereocenters. The number of Topliss-reactive ketones (excluding diaryl/α,β-unsaturated/α-hetero) is 1. The molecule has 0 saturated carbocycles. The molecule has 1 N–H and O–H groups in total. The Morgan fingerprint density at radius 3 is 2.92 bits per heavy atom. The Morgan fingerprint density at radius 2 is 2.31 bits per heavy atom. The van der Waals surface area contributed by atoms with E-state index in [4.69, 9.17) is 4.74 Å². The molecule has 0 aliphatic rings. The third-order valence-electron chi connectivity index (χ3n) is 1.61. The van der Waals surface area contributed by atoms with Crippen LogP contribution in [-0.4, -0.2) is 19.4 Å². The van der Waals surface area contributed by atoms with E-state index in [2.05, 4.69) is 5.32 Å². The van der Waals surface area contributed by atoms with E-state index in [-0.39, 0.29) is 5.78 Å². The Hall–Kier alpha value is -1.51. The summed E-state index contributed by atoms with van der Waals surface area (Å²) in [5.41, 5.74) is 0.898. The maximum absolute atomic E-state index is 10.7. The van der Waals surface area contributed by atoms with Gasteiger partial charge in [-0.05, 0) is 19.1 Å². The number of nitrogens with one attached hydrogen (secondary N) is 1. The van der Waals surface area contributed by atoms with Gasteiger partial charge < -0.3 is 10.1 Å². The summed E-state index contributed by atoms with van der Waals surface area (Å²) in [6.45, 7) is 1.90. The number of methoxy groups -OCH3 is 1. The van der Waals surface area contributed by atoms with E-state index in [9.17, 15) is 4.79 Å². The van der Waals surface area contributed by atoms with Crippen LogP contribution in [0.25, 0.3) is 0 Å². The highest BCUT2D eigenvalue weighted by Crippen LogP contribution is 2.16. The lowest BCUT2D eigenvalue weighted by Crippen LogP contribution is -2.09. The number of ether oxygens (including phenoxy) is 1. The predicted octanol–water partition coefficient (Wildman–Crippen LogP) is 1.70. The molecule has 3 nitrogen and oxygen atoms in total. The molecule has 0 aliphatic carbocycles. The molecular formula is C10H13NO2. The van der Waals surface area contributed by atoms with Crippen molar-refractivity contribution >= 4 is 11.5 Å². The van der Waals surface area contributed by atoms with Gasteiger partial charge in [-0.1, -0.05) is 6.07 Å². The van der Waals surface area contributed by atoms with Gasteiger partial charge in [0.15, 0.2) is 0 Å². The molecule has 1 aromatic carbocycles. The summed E-state index contributed by atoms with van der Waals surface area (Å²) in [6.07, 6.45) is 0. The predicted molar refractivity (Wildman–Crippen MR) is 52.2 cm³/mol. The molecule has 3 heteroatoms. The molecule has 70 valence electrons. The number of benzene rings is 1. The number of anilines is 1. The highest BCUT2D eigenvalue weighted by Gasteiger charge is 1.95. The van der Waals surface area contributed by atoms with Crippen LogP contribution in [0.5, 0.6) is 5.75 Å². The van der Waals surface area contributed by atoms with Crippen molar-refractivity contribution in [2.75, 3.05) is 19.0 Å². The van der Waals surface area contributed by atoms with Gasteiger partial charge in [-0.3, -0.25) is 4.79 Å². The molecule has 13 heavy (non-hydrogen) atoms. The lowest BCUT2D eigenvalue weighted by molar-refractivity contribution is -0.115. The van der Waals surface area contributed by atoms with Gasteiger partial charge in [0, 0.05) is 11.8 Å². The summed E-state index contributed by atoms with van der Waals surface area (Å²) >= 11 is 0. The van der Waals surface area contributed by atoms with Gasteiger partial charge in [-0.2, -0.15) is 0 Å². The van der Waals surface area contributed by atoms with Gasteiger partial charge in [0.25, 0.3) is 0 Å². The number of carbonyl (C=O) groups is 1. The van der Waals surface area contributed by atoms with Crippen molar-refractivity contribution < 1.29 is 9.53 Å². The number of ketones is 1. The second-order valence-corrected chi connectivity index (χ2v) is 2.79. The maximum atomic E-state index is 10.7. The van der Waals surface area contributed by atoms with E-state index >= 15 is 0 Å². The minimum Gasteiger partial charge on any atom is -0.497 e. The van der Waals surface area contributed by atoms with Gasteiger partial charge in [0.05, 0.1) is 13.7 Å². The first-order chi connectivity index (χ1) is 6.22. The lowest BCUT2D eigenvalue weighted by atomic mass is 10.3. The molecule has 0 aromatic heterocycles. The molecule has 0 bridgehead atoms. The molecular weight excluding hydrogens is 166 g/mol. The molecule has 0 amide bonds. The average Bonchev–Trinajstić information content (AvgIpc) is 2.15. The molecule has 0 heterocycles. The smallest absolute Gasteiger partial charge is 0.148 e. The van der Waals surface area contributed by atoms with Crippen LogP contribution in [0.15, 0.2) is 24.3 Å².